The average Bonchev–Trinajstić information content (AvgIpc) is 2.59. The molecule has 76 valence electrons. The van der Waals surface area contributed by atoms with Crippen molar-refractivity contribution in [3.63, 3.8) is 0 Å². The number of nitrogens with one attached hydrogen (secondary N) is 1. The van der Waals surface area contributed by atoms with Gasteiger partial charge in [-0.3, -0.25) is 4.90 Å². The highest BCUT2D eigenvalue weighted by molar-refractivity contribution is 4.93. The van der Waals surface area contributed by atoms with E-state index in [1.54, 1.807) is 0 Å². The van der Waals surface area contributed by atoms with Gasteiger partial charge in [0, 0.05) is 19.1 Å². The summed E-state index contributed by atoms with van der Waals surface area (Å²) in [6.45, 7) is 12.2. The minimum atomic E-state index is 0.769. The van der Waals surface area contributed by atoms with Crippen molar-refractivity contribution >= 4 is 0 Å². The van der Waals surface area contributed by atoms with Crippen LogP contribution in [0.2, 0.25) is 0 Å². The molecule has 0 radical (unpaired) electrons. The van der Waals surface area contributed by atoms with Gasteiger partial charge >= 0.3 is 0 Å². The number of rotatable bonds is 2. The van der Waals surface area contributed by atoms with Gasteiger partial charge in [0.2, 0.25) is 0 Å². The fraction of sp³-hybridized carbons (Fsp3) is 1.00. The molecule has 0 amide bonds. The predicted molar refractivity (Wildman–Crippen MR) is 55.7 cm³/mol. The molecule has 0 aromatic carbocycles. The fourth-order valence-electron chi connectivity index (χ4n) is 2.65. The first-order valence-corrected chi connectivity index (χ1v) is 5.63. The van der Waals surface area contributed by atoms with E-state index in [2.05, 4.69) is 31.0 Å². The molecule has 0 aromatic heterocycles. The molecule has 2 nitrogen and oxygen atoms in total. The molecular weight excluding hydrogens is 160 g/mol. The lowest BCUT2D eigenvalue weighted by molar-refractivity contribution is 0.194. The van der Waals surface area contributed by atoms with E-state index in [4.69, 9.17) is 0 Å². The van der Waals surface area contributed by atoms with Crippen LogP contribution in [0.3, 0.4) is 0 Å². The summed E-state index contributed by atoms with van der Waals surface area (Å²) in [6.07, 6.45) is 0. The molecule has 0 saturated carbocycles. The van der Waals surface area contributed by atoms with Crippen molar-refractivity contribution in [1.82, 2.24) is 10.2 Å². The maximum atomic E-state index is 3.49. The first kappa shape index (κ1) is 9.47. The van der Waals surface area contributed by atoms with Gasteiger partial charge in [0.1, 0.15) is 0 Å². The fourth-order valence-corrected chi connectivity index (χ4v) is 2.65. The first-order chi connectivity index (χ1) is 6.18. The first-order valence-electron chi connectivity index (χ1n) is 5.63. The van der Waals surface area contributed by atoms with Crippen molar-refractivity contribution in [2.45, 2.75) is 26.8 Å². The van der Waals surface area contributed by atoms with Crippen molar-refractivity contribution in [1.29, 1.82) is 0 Å². The van der Waals surface area contributed by atoms with E-state index in [9.17, 15) is 0 Å². The summed E-state index contributed by atoms with van der Waals surface area (Å²) < 4.78 is 0. The summed E-state index contributed by atoms with van der Waals surface area (Å²) in [7, 11) is 0. The van der Waals surface area contributed by atoms with Gasteiger partial charge in [-0.15, -0.1) is 0 Å². The summed E-state index contributed by atoms with van der Waals surface area (Å²) in [6, 6.07) is 0.769. The van der Waals surface area contributed by atoms with Crippen LogP contribution >= 0.6 is 0 Å². The van der Waals surface area contributed by atoms with Crippen LogP contribution in [0.4, 0.5) is 0 Å². The third kappa shape index (κ3) is 1.75. The smallest absolute Gasteiger partial charge is 0.00901 e. The largest absolute Gasteiger partial charge is 0.316 e. The quantitative estimate of drug-likeness (QED) is 0.690. The van der Waals surface area contributed by atoms with Crippen LogP contribution in [0.1, 0.15) is 20.8 Å². The maximum Gasteiger partial charge on any atom is 0.00901 e. The van der Waals surface area contributed by atoms with Crippen LogP contribution in [0.15, 0.2) is 0 Å². The Labute approximate surface area is 81.7 Å². The van der Waals surface area contributed by atoms with Crippen molar-refractivity contribution in [3.05, 3.63) is 0 Å². The minimum Gasteiger partial charge on any atom is -0.316 e. The van der Waals surface area contributed by atoms with E-state index in [1.165, 1.54) is 26.2 Å². The highest BCUT2D eigenvalue weighted by atomic mass is 15.2. The highest BCUT2D eigenvalue weighted by Gasteiger charge is 2.37. The zero-order chi connectivity index (χ0) is 9.42. The number of hydrogen-bond donors (Lipinski definition) is 1. The Morgan fingerprint density at radius 1 is 1.08 bits per heavy atom. The molecule has 2 aliphatic rings. The van der Waals surface area contributed by atoms with Crippen LogP contribution < -0.4 is 5.32 Å². The molecule has 2 aliphatic heterocycles. The average molecular weight is 182 g/mol. The third-order valence-electron chi connectivity index (χ3n) is 3.96. The maximum absolute atomic E-state index is 3.49. The lowest BCUT2D eigenvalue weighted by atomic mass is 10.0. The van der Waals surface area contributed by atoms with E-state index in [-0.39, 0.29) is 0 Å². The Morgan fingerprint density at radius 3 is 2.08 bits per heavy atom. The number of hydrogen-bond acceptors (Lipinski definition) is 2. The Hall–Kier alpha value is -0.0800. The molecule has 13 heavy (non-hydrogen) atoms. The molecule has 2 heteroatoms. The molecule has 2 rings (SSSR count). The van der Waals surface area contributed by atoms with Crippen LogP contribution in [0, 0.1) is 17.8 Å². The predicted octanol–water partition coefficient (Wildman–Crippen LogP) is 1.18. The lowest BCUT2D eigenvalue weighted by Gasteiger charge is -2.28. The topological polar surface area (TPSA) is 15.3 Å². The van der Waals surface area contributed by atoms with Gasteiger partial charge in [0.25, 0.3) is 0 Å². The summed E-state index contributed by atoms with van der Waals surface area (Å²) in [5.74, 6) is 2.69. The number of likely N-dealkylation sites (tertiary alicyclic amines) is 1. The second kappa shape index (κ2) is 3.58. The summed E-state index contributed by atoms with van der Waals surface area (Å²) in [5, 5.41) is 3.49. The summed E-state index contributed by atoms with van der Waals surface area (Å²) >= 11 is 0. The van der Waals surface area contributed by atoms with Gasteiger partial charge in [-0.2, -0.15) is 0 Å². The normalized spacial score (nSPS) is 36.9. The third-order valence-corrected chi connectivity index (χ3v) is 3.96. The van der Waals surface area contributed by atoms with Crippen LogP contribution in [-0.2, 0) is 0 Å². The summed E-state index contributed by atoms with van der Waals surface area (Å²) in [5.41, 5.74) is 0. The summed E-state index contributed by atoms with van der Waals surface area (Å²) in [4.78, 5) is 2.68. The van der Waals surface area contributed by atoms with Gasteiger partial charge in [-0.1, -0.05) is 13.8 Å². The molecule has 2 fully saturated rings. The van der Waals surface area contributed by atoms with E-state index in [0.717, 1.165) is 23.8 Å². The molecule has 2 heterocycles. The monoisotopic (exact) mass is 182 g/mol. The second-order valence-electron chi connectivity index (χ2n) is 5.12. The van der Waals surface area contributed by atoms with Gasteiger partial charge in [0.15, 0.2) is 0 Å². The molecule has 1 N–H and O–H groups in total. The lowest BCUT2D eigenvalue weighted by Crippen LogP contribution is -2.36. The van der Waals surface area contributed by atoms with Crippen molar-refractivity contribution in [3.8, 4) is 0 Å². The molecule has 0 aromatic rings. The molecule has 0 bridgehead atoms. The van der Waals surface area contributed by atoms with Crippen molar-refractivity contribution in [2.24, 2.45) is 17.8 Å². The zero-order valence-electron chi connectivity index (χ0n) is 9.09. The van der Waals surface area contributed by atoms with Crippen molar-refractivity contribution < 1.29 is 0 Å². The van der Waals surface area contributed by atoms with E-state index < -0.39 is 0 Å². The Balaban J connectivity index is 1.91. The Bertz CT molecular complexity index is 167. The number of fused-ring (bicyclic) bond motifs is 1. The zero-order valence-corrected chi connectivity index (χ0v) is 9.09. The Kier molecular flexibility index (Phi) is 2.61. The van der Waals surface area contributed by atoms with Gasteiger partial charge < -0.3 is 5.32 Å². The van der Waals surface area contributed by atoms with Crippen molar-refractivity contribution in [2.75, 3.05) is 26.2 Å². The number of nitrogens with zero attached hydrogens (tertiary/aromatic N) is 1. The second-order valence-corrected chi connectivity index (χ2v) is 5.12. The standard InChI is InChI=1S/C11H22N2/c1-8(2)9(3)13-6-10-4-12-5-11(10)7-13/h8-12H,4-7H2,1-3H3/t9-,10-,11+/m1/s1. The molecule has 0 aliphatic carbocycles. The van der Waals surface area contributed by atoms with Crippen LogP contribution in [0.5, 0.6) is 0 Å². The van der Waals surface area contributed by atoms with Crippen LogP contribution in [0.25, 0.3) is 0 Å². The molecular formula is C11H22N2. The molecule has 0 unspecified atom stereocenters. The molecule has 2 saturated heterocycles. The van der Waals surface area contributed by atoms with Gasteiger partial charge in [-0.05, 0) is 37.8 Å². The van der Waals surface area contributed by atoms with Gasteiger partial charge in [-0.25, -0.2) is 0 Å². The van der Waals surface area contributed by atoms with E-state index >= 15 is 0 Å². The van der Waals surface area contributed by atoms with E-state index in [1.807, 2.05) is 0 Å². The van der Waals surface area contributed by atoms with E-state index in [0.29, 0.717) is 0 Å². The Morgan fingerprint density at radius 2 is 1.62 bits per heavy atom. The highest BCUT2D eigenvalue weighted by Crippen LogP contribution is 2.29. The molecule has 0 spiro atoms. The van der Waals surface area contributed by atoms with Gasteiger partial charge in [0.05, 0.1) is 0 Å². The molecule has 3 atom stereocenters. The van der Waals surface area contributed by atoms with Crippen LogP contribution in [-0.4, -0.2) is 37.1 Å². The minimum absolute atomic E-state index is 0.769. The SMILES string of the molecule is CC(C)[C@@H](C)N1C[C@H]2CNC[C@H]2C1.